The lowest BCUT2D eigenvalue weighted by Gasteiger charge is -2.35. The Bertz CT molecular complexity index is 407. The highest BCUT2D eigenvalue weighted by molar-refractivity contribution is 6.35. The first kappa shape index (κ1) is 9.79. The third-order valence-corrected chi connectivity index (χ3v) is 2.91. The molecule has 0 N–H and O–H groups in total. The van der Waals surface area contributed by atoms with Crippen molar-refractivity contribution in [3.05, 3.63) is 33.8 Å². The second kappa shape index (κ2) is 3.43. The highest BCUT2D eigenvalue weighted by atomic mass is 35.5. The summed E-state index contributed by atoms with van der Waals surface area (Å²) >= 11 is 11.8. The summed E-state index contributed by atoms with van der Waals surface area (Å²) in [5, 5.41) is 10.2. The SMILES string of the molecule is N#CC1(c2ccc(Cl)cc2Cl)COC1. The van der Waals surface area contributed by atoms with Gasteiger partial charge >= 0.3 is 0 Å². The van der Waals surface area contributed by atoms with Gasteiger partial charge in [-0.2, -0.15) is 5.26 Å². The number of rotatable bonds is 1. The van der Waals surface area contributed by atoms with Crippen molar-refractivity contribution in [1.29, 1.82) is 5.26 Å². The Labute approximate surface area is 92.0 Å². The summed E-state index contributed by atoms with van der Waals surface area (Å²) < 4.78 is 5.05. The molecular formula is C10H7Cl2NO. The molecule has 1 heterocycles. The highest BCUT2D eigenvalue weighted by Gasteiger charge is 2.42. The standard InChI is InChI=1S/C10H7Cl2NO/c11-7-1-2-8(9(12)3-7)10(4-13)5-14-6-10/h1-3H,5-6H2. The Balaban J connectivity index is 2.46. The molecule has 2 rings (SSSR count). The Morgan fingerprint density at radius 2 is 2.07 bits per heavy atom. The van der Waals surface area contributed by atoms with Gasteiger partial charge in [-0.1, -0.05) is 29.3 Å². The van der Waals surface area contributed by atoms with E-state index < -0.39 is 5.41 Å². The average Bonchev–Trinajstić information content (AvgIpc) is 2.07. The second-order valence-electron chi connectivity index (χ2n) is 3.31. The van der Waals surface area contributed by atoms with E-state index >= 15 is 0 Å². The van der Waals surface area contributed by atoms with Gasteiger partial charge < -0.3 is 4.74 Å². The average molecular weight is 228 g/mol. The van der Waals surface area contributed by atoms with Crippen LogP contribution in [0.25, 0.3) is 0 Å². The normalized spacial score (nSPS) is 18.4. The van der Waals surface area contributed by atoms with Gasteiger partial charge in [0.1, 0.15) is 5.41 Å². The van der Waals surface area contributed by atoms with Crippen LogP contribution in [0.5, 0.6) is 0 Å². The molecule has 2 nitrogen and oxygen atoms in total. The topological polar surface area (TPSA) is 33.0 Å². The van der Waals surface area contributed by atoms with Gasteiger partial charge in [-0.15, -0.1) is 0 Å². The highest BCUT2D eigenvalue weighted by Crippen LogP contribution is 2.37. The Kier molecular flexibility index (Phi) is 2.40. The molecule has 0 aromatic heterocycles. The Morgan fingerprint density at radius 3 is 2.50 bits per heavy atom. The lowest BCUT2D eigenvalue weighted by atomic mass is 9.80. The number of hydrogen-bond acceptors (Lipinski definition) is 2. The summed E-state index contributed by atoms with van der Waals surface area (Å²) in [6, 6.07) is 7.41. The van der Waals surface area contributed by atoms with Gasteiger partial charge in [0.05, 0.1) is 19.3 Å². The van der Waals surface area contributed by atoms with E-state index in [1.165, 1.54) is 0 Å². The van der Waals surface area contributed by atoms with Crippen LogP contribution in [-0.4, -0.2) is 13.2 Å². The van der Waals surface area contributed by atoms with Crippen LogP contribution in [0.4, 0.5) is 0 Å². The molecule has 1 aromatic rings. The monoisotopic (exact) mass is 227 g/mol. The molecule has 1 fully saturated rings. The van der Waals surface area contributed by atoms with Crippen molar-refractivity contribution >= 4 is 23.2 Å². The van der Waals surface area contributed by atoms with Crippen LogP contribution in [0.1, 0.15) is 5.56 Å². The maximum atomic E-state index is 9.06. The van der Waals surface area contributed by atoms with E-state index in [1.54, 1.807) is 18.2 Å². The third-order valence-electron chi connectivity index (χ3n) is 2.36. The molecule has 1 saturated heterocycles. The lowest BCUT2D eigenvalue weighted by Crippen LogP contribution is -2.45. The molecule has 0 amide bonds. The maximum absolute atomic E-state index is 9.06. The number of nitrogens with zero attached hydrogens (tertiary/aromatic N) is 1. The van der Waals surface area contributed by atoms with E-state index in [1.807, 2.05) is 0 Å². The van der Waals surface area contributed by atoms with Crippen LogP contribution in [0.15, 0.2) is 18.2 Å². The van der Waals surface area contributed by atoms with Crippen molar-refractivity contribution in [2.45, 2.75) is 5.41 Å². The van der Waals surface area contributed by atoms with Crippen LogP contribution in [0.3, 0.4) is 0 Å². The fourth-order valence-corrected chi connectivity index (χ4v) is 2.05. The fraction of sp³-hybridized carbons (Fsp3) is 0.300. The van der Waals surface area contributed by atoms with Crippen molar-refractivity contribution in [3.8, 4) is 6.07 Å². The quantitative estimate of drug-likeness (QED) is 0.740. The summed E-state index contributed by atoms with van der Waals surface area (Å²) in [6.45, 7) is 0.815. The van der Waals surface area contributed by atoms with E-state index in [0.29, 0.717) is 23.3 Å². The van der Waals surface area contributed by atoms with Gasteiger partial charge in [0, 0.05) is 10.0 Å². The van der Waals surface area contributed by atoms with Crippen molar-refractivity contribution in [1.82, 2.24) is 0 Å². The summed E-state index contributed by atoms with van der Waals surface area (Å²) in [6.07, 6.45) is 0. The molecule has 0 unspecified atom stereocenters. The minimum absolute atomic E-state index is 0.408. The summed E-state index contributed by atoms with van der Waals surface area (Å²) in [5.74, 6) is 0. The van der Waals surface area contributed by atoms with Gasteiger partial charge in [0.2, 0.25) is 0 Å². The lowest BCUT2D eigenvalue weighted by molar-refractivity contribution is -0.0297. The van der Waals surface area contributed by atoms with Crippen molar-refractivity contribution < 1.29 is 4.74 Å². The zero-order valence-corrected chi connectivity index (χ0v) is 8.77. The molecule has 0 aliphatic carbocycles. The van der Waals surface area contributed by atoms with Crippen LogP contribution >= 0.6 is 23.2 Å². The predicted octanol–water partition coefficient (Wildman–Crippen LogP) is 2.78. The number of benzene rings is 1. The van der Waals surface area contributed by atoms with Crippen LogP contribution in [-0.2, 0) is 10.2 Å². The van der Waals surface area contributed by atoms with Gasteiger partial charge in [-0.25, -0.2) is 0 Å². The second-order valence-corrected chi connectivity index (χ2v) is 4.15. The minimum Gasteiger partial charge on any atom is -0.377 e. The number of halogens is 2. The Hall–Kier alpha value is -0.750. The molecule has 4 heteroatoms. The number of nitriles is 1. The van der Waals surface area contributed by atoms with Crippen molar-refractivity contribution in [2.75, 3.05) is 13.2 Å². The summed E-state index contributed by atoms with van der Waals surface area (Å²) in [4.78, 5) is 0. The Morgan fingerprint density at radius 1 is 1.36 bits per heavy atom. The fourth-order valence-electron chi connectivity index (χ4n) is 1.46. The third kappa shape index (κ3) is 1.38. The minimum atomic E-state index is -0.568. The van der Waals surface area contributed by atoms with Gasteiger partial charge in [-0.3, -0.25) is 0 Å². The predicted molar refractivity (Wildman–Crippen MR) is 54.6 cm³/mol. The molecular weight excluding hydrogens is 221 g/mol. The smallest absolute Gasteiger partial charge is 0.130 e. The van der Waals surface area contributed by atoms with Gasteiger partial charge in [0.15, 0.2) is 0 Å². The molecule has 72 valence electrons. The molecule has 0 atom stereocenters. The van der Waals surface area contributed by atoms with E-state index in [-0.39, 0.29) is 0 Å². The molecule has 1 aliphatic heterocycles. The van der Waals surface area contributed by atoms with Gasteiger partial charge in [0.25, 0.3) is 0 Å². The first-order chi connectivity index (χ1) is 6.68. The van der Waals surface area contributed by atoms with Crippen LogP contribution in [0.2, 0.25) is 10.0 Å². The van der Waals surface area contributed by atoms with Crippen molar-refractivity contribution in [2.24, 2.45) is 0 Å². The largest absolute Gasteiger partial charge is 0.377 e. The zero-order chi connectivity index (χ0) is 10.2. The van der Waals surface area contributed by atoms with E-state index in [4.69, 9.17) is 33.2 Å². The molecule has 1 aliphatic rings. The first-order valence-corrected chi connectivity index (χ1v) is 4.88. The summed E-state index contributed by atoms with van der Waals surface area (Å²) in [5.41, 5.74) is 0.235. The first-order valence-electron chi connectivity index (χ1n) is 4.12. The maximum Gasteiger partial charge on any atom is 0.130 e. The van der Waals surface area contributed by atoms with Crippen LogP contribution in [0, 0.1) is 11.3 Å². The molecule has 0 radical (unpaired) electrons. The summed E-state index contributed by atoms with van der Waals surface area (Å²) in [7, 11) is 0. The van der Waals surface area contributed by atoms with Gasteiger partial charge in [-0.05, 0) is 17.7 Å². The van der Waals surface area contributed by atoms with Crippen molar-refractivity contribution in [3.63, 3.8) is 0 Å². The zero-order valence-electron chi connectivity index (χ0n) is 7.26. The molecule has 14 heavy (non-hydrogen) atoms. The van der Waals surface area contributed by atoms with Crippen LogP contribution < -0.4 is 0 Å². The van der Waals surface area contributed by atoms with E-state index in [0.717, 1.165) is 5.56 Å². The molecule has 0 bridgehead atoms. The molecule has 1 aromatic carbocycles. The molecule has 0 spiro atoms. The van der Waals surface area contributed by atoms with E-state index in [2.05, 4.69) is 6.07 Å². The number of ether oxygens (including phenoxy) is 1. The number of hydrogen-bond donors (Lipinski definition) is 0. The van der Waals surface area contributed by atoms with E-state index in [9.17, 15) is 0 Å². The molecule has 0 saturated carbocycles.